The van der Waals surface area contributed by atoms with Crippen molar-refractivity contribution in [3.8, 4) is 11.8 Å². The molecule has 146 valence electrons. The number of nitrogens with one attached hydrogen (secondary N) is 1. The van der Waals surface area contributed by atoms with E-state index in [1.165, 1.54) is 18.2 Å². The molecule has 3 aromatic rings. The van der Waals surface area contributed by atoms with Gasteiger partial charge in [-0.2, -0.15) is 5.26 Å². The number of nitrogens with zero attached hydrogens (tertiary/aromatic N) is 2. The van der Waals surface area contributed by atoms with Crippen molar-refractivity contribution in [1.82, 2.24) is 4.57 Å². The molecule has 0 atom stereocenters. The number of nitriles is 1. The second-order valence-electron chi connectivity index (χ2n) is 6.87. The molecule has 7 nitrogen and oxygen atoms in total. The molecule has 0 aliphatic heterocycles. The van der Waals surface area contributed by atoms with Gasteiger partial charge in [-0.3, -0.25) is 4.72 Å². The van der Waals surface area contributed by atoms with Gasteiger partial charge in [-0.15, -0.1) is 0 Å². The first-order valence-corrected chi connectivity index (χ1v) is 10.4. The zero-order valence-corrected chi connectivity index (χ0v) is 16.1. The van der Waals surface area contributed by atoms with E-state index in [2.05, 4.69) is 4.72 Å². The molecule has 1 saturated carbocycles. The predicted octanol–water partition coefficient (Wildman–Crippen LogP) is 3.73. The SMILES string of the molecule is N#Cc1ccc(-n2cccc2)c(NS(=O)(=O)c2cc(C(=O)O)ccc2C2CC2)c1. The topological polar surface area (TPSA) is 112 Å². The summed E-state index contributed by atoms with van der Waals surface area (Å²) in [6, 6.07) is 14.5. The number of sulfonamides is 1. The van der Waals surface area contributed by atoms with E-state index < -0.39 is 16.0 Å². The van der Waals surface area contributed by atoms with Gasteiger partial charge in [0.1, 0.15) is 0 Å². The minimum atomic E-state index is -4.08. The van der Waals surface area contributed by atoms with Crippen LogP contribution in [0.5, 0.6) is 0 Å². The third-order valence-electron chi connectivity index (χ3n) is 4.82. The largest absolute Gasteiger partial charge is 0.478 e. The average Bonchev–Trinajstić information content (AvgIpc) is 3.41. The van der Waals surface area contributed by atoms with Crippen LogP contribution in [-0.4, -0.2) is 24.1 Å². The molecular weight excluding hydrogens is 390 g/mol. The molecule has 29 heavy (non-hydrogen) atoms. The number of carbonyl (C=O) groups is 1. The van der Waals surface area contributed by atoms with Gasteiger partial charge in [0.15, 0.2) is 0 Å². The van der Waals surface area contributed by atoms with Crippen LogP contribution in [-0.2, 0) is 10.0 Å². The van der Waals surface area contributed by atoms with Gasteiger partial charge in [0.2, 0.25) is 0 Å². The number of carboxylic acid groups (broad SMARTS) is 1. The fourth-order valence-electron chi connectivity index (χ4n) is 3.24. The molecule has 0 saturated heterocycles. The Morgan fingerprint density at radius 1 is 1.14 bits per heavy atom. The van der Waals surface area contributed by atoms with Crippen molar-refractivity contribution in [2.45, 2.75) is 23.7 Å². The van der Waals surface area contributed by atoms with Crippen LogP contribution in [0.15, 0.2) is 65.8 Å². The van der Waals surface area contributed by atoms with Crippen molar-refractivity contribution < 1.29 is 18.3 Å². The lowest BCUT2D eigenvalue weighted by molar-refractivity contribution is 0.0696. The lowest BCUT2D eigenvalue weighted by atomic mass is 10.1. The van der Waals surface area contributed by atoms with Gasteiger partial charge in [0.25, 0.3) is 10.0 Å². The molecule has 2 N–H and O–H groups in total. The third-order valence-corrected chi connectivity index (χ3v) is 6.24. The summed E-state index contributed by atoms with van der Waals surface area (Å²) in [6.07, 6.45) is 5.26. The van der Waals surface area contributed by atoms with Crippen molar-refractivity contribution in [2.75, 3.05) is 4.72 Å². The van der Waals surface area contributed by atoms with Crippen molar-refractivity contribution in [3.05, 3.63) is 77.6 Å². The first-order chi connectivity index (χ1) is 13.9. The minimum Gasteiger partial charge on any atom is -0.478 e. The van der Waals surface area contributed by atoms with Gasteiger partial charge in [0.05, 0.1) is 33.5 Å². The first-order valence-electron chi connectivity index (χ1n) is 8.96. The molecule has 2 aromatic carbocycles. The number of anilines is 1. The van der Waals surface area contributed by atoms with Crippen LogP contribution in [0.3, 0.4) is 0 Å². The summed E-state index contributed by atoms with van der Waals surface area (Å²) in [7, 11) is -4.08. The van der Waals surface area contributed by atoms with Crippen LogP contribution < -0.4 is 4.72 Å². The van der Waals surface area contributed by atoms with Gasteiger partial charge >= 0.3 is 5.97 Å². The Kier molecular flexibility index (Phi) is 4.60. The Labute approximate surface area is 167 Å². The van der Waals surface area contributed by atoms with Gasteiger partial charge in [-0.05, 0) is 66.8 Å². The Morgan fingerprint density at radius 2 is 1.86 bits per heavy atom. The highest BCUT2D eigenvalue weighted by atomic mass is 32.2. The Morgan fingerprint density at radius 3 is 2.48 bits per heavy atom. The molecule has 1 aromatic heterocycles. The smallest absolute Gasteiger partial charge is 0.335 e. The molecule has 4 rings (SSSR count). The zero-order valence-electron chi connectivity index (χ0n) is 15.2. The Bertz CT molecular complexity index is 1240. The summed E-state index contributed by atoms with van der Waals surface area (Å²) in [5, 5.41) is 18.5. The van der Waals surface area contributed by atoms with Crippen LogP contribution >= 0.6 is 0 Å². The van der Waals surface area contributed by atoms with Gasteiger partial charge in [-0.25, -0.2) is 13.2 Å². The number of carboxylic acids is 1. The van der Waals surface area contributed by atoms with Crippen molar-refractivity contribution in [3.63, 3.8) is 0 Å². The second kappa shape index (κ2) is 7.11. The number of rotatable bonds is 6. The molecule has 0 spiro atoms. The van der Waals surface area contributed by atoms with E-state index in [4.69, 9.17) is 0 Å². The zero-order chi connectivity index (χ0) is 20.6. The maximum atomic E-state index is 13.3. The van der Waals surface area contributed by atoms with Crippen molar-refractivity contribution in [1.29, 1.82) is 5.26 Å². The van der Waals surface area contributed by atoms with E-state index >= 15 is 0 Å². The lowest BCUT2D eigenvalue weighted by Gasteiger charge is -2.16. The summed E-state index contributed by atoms with van der Waals surface area (Å²) in [4.78, 5) is 11.3. The third kappa shape index (κ3) is 3.73. The molecule has 8 heteroatoms. The monoisotopic (exact) mass is 407 g/mol. The van der Waals surface area contributed by atoms with Crippen LogP contribution in [0.25, 0.3) is 5.69 Å². The standard InChI is InChI=1S/C21H17N3O4S/c22-13-14-3-8-19(24-9-1-2-10-24)18(11-14)23-29(27,28)20-12-16(21(25)26)6-7-17(20)15-4-5-15/h1-3,6-12,15,23H,4-5H2,(H,25,26). The first kappa shape index (κ1) is 18.8. The number of hydrogen-bond donors (Lipinski definition) is 2. The summed E-state index contributed by atoms with van der Waals surface area (Å²) >= 11 is 0. The Hall–Kier alpha value is -3.57. The fraction of sp³-hybridized carbons (Fsp3) is 0.143. The normalized spacial score (nSPS) is 13.6. The molecule has 0 bridgehead atoms. The van der Waals surface area contributed by atoms with E-state index in [0.717, 1.165) is 12.8 Å². The quantitative estimate of drug-likeness (QED) is 0.647. The van der Waals surface area contributed by atoms with Crippen LogP contribution in [0, 0.1) is 11.3 Å². The highest BCUT2D eigenvalue weighted by Crippen LogP contribution is 2.43. The number of aromatic carboxylic acids is 1. The van der Waals surface area contributed by atoms with Crippen molar-refractivity contribution >= 4 is 21.7 Å². The molecule has 0 radical (unpaired) electrons. The molecule has 1 aliphatic carbocycles. The molecule has 1 fully saturated rings. The number of aromatic nitrogens is 1. The van der Waals surface area contributed by atoms with Gasteiger partial charge in [-0.1, -0.05) is 6.07 Å². The van der Waals surface area contributed by atoms with Crippen molar-refractivity contribution in [2.24, 2.45) is 0 Å². The Balaban J connectivity index is 1.82. The molecule has 0 amide bonds. The van der Waals surface area contributed by atoms with Crippen LogP contribution in [0.2, 0.25) is 0 Å². The maximum Gasteiger partial charge on any atom is 0.335 e. The maximum absolute atomic E-state index is 13.3. The van der Waals surface area contributed by atoms with Gasteiger partial charge < -0.3 is 9.67 Å². The van der Waals surface area contributed by atoms with E-state index in [9.17, 15) is 23.6 Å². The summed E-state index contributed by atoms with van der Waals surface area (Å²) < 4.78 is 30.8. The van der Waals surface area contributed by atoms with Crippen LogP contribution in [0.1, 0.15) is 40.2 Å². The van der Waals surface area contributed by atoms with E-state index in [0.29, 0.717) is 16.8 Å². The summed E-state index contributed by atoms with van der Waals surface area (Å²) in [5.74, 6) is -1.08. The summed E-state index contributed by atoms with van der Waals surface area (Å²) in [6.45, 7) is 0. The molecule has 0 unspecified atom stereocenters. The van der Waals surface area contributed by atoms with E-state index in [1.54, 1.807) is 47.3 Å². The number of benzene rings is 2. The number of hydrogen-bond acceptors (Lipinski definition) is 4. The molecular formula is C21H17N3O4S. The minimum absolute atomic E-state index is 0.0410. The average molecular weight is 407 g/mol. The van der Waals surface area contributed by atoms with E-state index in [1.807, 2.05) is 6.07 Å². The highest BCUT2D eigenvalue weighted by molar-refractivity contribution is 7.92. The lowest BCUT2D eigenvalue weighted by Crippen LogP contribution is -2.17. The molecule has 1 heterocycles. The van der Waals surface area contributed by atoms with Crippen LogP contribution in [0.4, 0.5) is 5.69 Å². The summed E-state index contributed by atoms with van der Waals surface area (Å²) in [5.41, 5.74) is 1.62. The second-order valence-corrected chi connectivity index (χ2v) is 8.52. The predicted molar refractivity (Wildman–Crippen MR) is 107 cm³/mol. The molecule has 1 aliphatic rings. The fourth-order valence-corrected chi connectivity index (χ4v) is 4.63. The van der Waals surface area contributed by atoms with E-state index in [-0.39, 0.29) is 22.1 Å². The highest BCUT2D eigenvalue weighted by Gasteiger charge is 2.31. The van der Waals surface area contributed by atoms with Gasteiger partial charge in [0, 0.05) is 12.4 Å².